The minimum atomic E-state index is -0.608. The van der Waals surface area contributed by atoms with Crippen LogP contribution in [0.5, 0.6) is 0 Å². The molecule has 0 aliphatic rings. The molecule has 0 unspecified atom stereocenters. The highest BCUT2D eigenvalue weighted by atomic mass is 17.0. The highest BCUT2D eigenvalue weighted by Crippen LogP contribution is 1.92. The van der Waals surface area contributed by atoms with E-state index >= 15 is 0 Å². The summed E-state index contributed by atoms with van der Waals surface area (Å²) in [5.74, 6) is 0. The second-order valence-electron chi connectivity index (χ2n) is 1.88. The van der Waals surface area contributed by atoms with Gasteiger partial charge in [-0.05, 0) is 0 Å². The summed E-state index contributed by atoms with van der Waals surface area (Å²) in [6, 6.07) is 0. The molecule has 0 bridgehead atoms. The van der Waals surface area contributed by atoms with E-state index in [0.717, 1.165) is 0 Å². The topological polar surface area (TPSA) is 68.0 Å². The van der Waals surface area contributed by atoms with E-state index in [2.05, 4.69) is 14.3 Å². The molecule has 0 aromatic carbocycles. The zero-order valence-electron chi connectivity index (χ0n) is 6.52. The van der Waals surface area contributed by atoms with Crippen molar-refractivity contribution in [1.29, 1.82) is 0 Å². The van der Waals surface area contributed by atoms with E-state index in [1.54, 1.807) is 0 Å². The first-order valence-corrected chi connectivity index (χ1v) is 3.01. The van der Waals surface area contributed by atoms with Gasteiger partial charge in [0, 0.05) is 14.2 Å². The lowest BCUT2D eigenvalue weighted by Crippen LogP contribution is -2.27. The SMILES string of the molecule is COCC(COC)O[N+](=O)O. The summed E-state index contributed by atoms with van der Waals surface area (Å²) in [6.07, 6.45) is -0.576. The fraction of sp³-hybridized carbons (Fsp3) is 1.00. The Bertz CT molecular complexity index is 111. The Hall–Kier alpha value is -0.880. The molecular formula is C5H12NO5+. The van der Waals surface area contributed by atoms with Crippen molar-refractivity contribution < 1.29 is 24.6 Å². The summed E-state index contributed by atoms with van der Waals surface area (Å²) in [4.78, 5) is 14.3. The molecule has 11 heavy (non-hydrogen) atoms. The van der Waals surface area contributed by atoms with Crippen molar-refractivity contribution in [2.75, 3.05) is 27.4 Å². The number of hydrogen-bond donors (Lipinski definition) is 1. The van der Waals surface area contributed by atoms with Gasteiger partial charge < -0.3 is 9.47 Å². The molecule has 0 atom stereocenters. The summed E-state index contributed by atoms with van der Waals surface area (Å²) in [5.41, 5.74) is 0. The largest absolute Gasteiger partial charge is 0.475 e. The Morgan fingerprint density at radius 1 is 1.36 bits per heavy atom. The van der Waals surface area contributed by atoms with Crippen LogP contribution >= 0.6 is 0 Å². The second-order valence-corrected chi connectivity index (χ2v) is 1.88. The lowest BCUT2D eigenvalue weighted by Gasteiger charge is -2.06. The first kappa shape index (κ1) is 10.1. The van der Waals surface area contributed by atoms with Gasteiger partial charge in [-0.25, -0.2) is 5.21 Å². The third kappa shape index (κ3) is 5.56. The molecule has 0 aliphatic carbocycles. The van der Waals surface area contributed by atoms with Crippen molar-refractivity contribution in [2.45, 2.75) is 6.10 Å². The molecule has 1 N–H and O–H groups in total. The zero-order chi connectivity index (χ0) is 8.69. The number of nitrogens with zero attached hydrogens (tertiary/aromatic N) is 1. The van der Waals surface area contributed by atoms with Crippen molar-refractivity contribution >= 4 is 0 Å². The van der Waals surface area contributed by atoms with Crippen molar-refractivity contribution in [2.24, 2.45) is 0 Å². The van der Waals surface area contributed by atoms with Gasteiger partial charge in [0.15, 0.2) is 0 Å². The van der Waals surface area contributed by atoms with Crippen molar-refractivity contribution in [1.82, 2.24) is 0 Å². The smallest absolute Gasteiger partial charge is 0.380 e. The van der Waals surface area contributed by atoms with Gasteiger partial charge in [-0.2, -0.15) is 4.84 Å². The van der Waals surface area contributed by atoms with Gasteiger partial charge in [-0.3, -0.25) is 0 Å². The van der Waals surface area contributed by atoms with Crippen LogP contribution in [-0.4, -0.2) is 43.8 Å². The molecule has 0 saturated carbocycles. The number of rotatable bonds is 6. The summed E-state index contributed by atoms with van der Waals surface area (Å²) in [5, 5.41) is 7.51. The molecule has 0 radical (unpaired) electrons. The van der Waals surface area contributed by atoms with Gasteiger partial charge in [-0.15, -0.1) is 0 Å². The summed E-state index contributed by atoms with van der Waals surface area (Å²) in [7, 11) is 2.91. The van der Waals surface area contributed by atoms with Crippen LogP contribution in [0.1, 0.15) is 0 Å². The zero-order valence-corrected chi connectivity index (χ0v) is 6.52. The maximum Gasteiger partial charge on any atom is 0.475 e. The van der Waals surface area contributed by atoms with Crippen LogP contribution < -0.4 is 0 Å². The average Bonchev–Trinajstić information content (AvgIpc) is 1.87. The Morgan fingerprint density at radius 2 is 1.82 bits per heavy atom. The van der Waals surface area contributed by atoms with E-state index in [0.29, 0.717) is 0 Å². The van der Waals surface area contributed by atoms with Gasteiger partial charge in [0.2, 0.25) is 6.10 Å². The second kappa shape index (κ2) is 5.87. The fourth-order valence-corrected chi connectivity index (χ4v) is 0.608. The monoisotopic (exact) mass is 166 g/mol. The summed E-state index contributed by atoms with van der Waals surface area (Å²) in [6.45, 7) is 0.375. The molecule has 0 heterocycles. The third-order valence-electron chi connectivity index (χ3n) is 0.944. The van der Waals surface area contributed by atoms with Gasteiger partial charge >= 0.3 is 5.09 Å². The number of ether oxygens (including phenoxy) is 2. The predicted molar refractivity (Wildman–Crippen MR) is 34.0 cm³/mol. The van der Waals surface area contributed by atoms with Crippen LogP contribution in [0, 0.1) is 4.91 Å². The molecule has 6 heteroatoms. The molecular weight excluding hydrogens is 154 g/mol. The number of hydrogen-bond acceptors (Lipinski definition) is 4. The number of methoxy groups -OCH3 is 2. The highest BCUT2D eigenvalue weighted by molar-refractivity contribution is 4.50. The molecule has 0 saturated heterocycles. The standard InChI is InChI=1S/C5H12NO5/c1-9-3-5(4-10-2)11-6(7)8/h5H,3-4H2,1-2H3,(H,7,8)/q+1. The fourth-order valence-electron chi connectivity index (χ4n) is 0.608. The van der Waals surface area contributed by atoms with Crippen LogP contribution in [-0.2, 0) is 14.3 Å². The first-order valence-electron chi connectivity index (χ1n) is 3.01. The molecule has 0 rings (SSSR count). The van der Waals surface area contributed by atoms with Crippen molar-refractivity contribution in [3.8, 4) is 0 Å². The highest BCUT2D eigenvalue weighted by Gasteiger charge is 2.19. The van der Waals surface area contributed by atoms with Crippen LogP contribution in [0.2, 0.25) is 0 Å². The minimum absolute atomic E-state index is 0.188. The van der Waals surface area contributed by atoms with Gasteiger partial charge in [0.25, 0.3) is 0 Å². The quantitative estimate of drug-likeness (QED) is 0.551. The molecule has 0 fully saturated rings. The molecule has 0 aromatic heterocycles. The normalized spacial score (nSPS) is 10.1. The molecule has 0 aliphatic heterocycles. The maximum absolute atomic E-state index is 9.94. The van der Waals surface area contributed by atoms with Crippen LogP contribution in [0.4, 0.5) is 0 Å². The van der Waals surface area contributed by atoms with E-state index in [1.165, 1.54) is 14.2 Å². The molecule has 0 amide bonds. The third-order valence-corrected chi connectivity index (χ3v) is 0.944. The lowest BCUT2D eigenvalue weighted by molar-refractivity contribution is -0.981. The van der Waals surface area contributed by atoms with E-state index in [9.17, 15) is 4.91 Å². The molecule has 66 valence electrons. The van der Waals surface area contributed by atoms with Gasteiger partial charge in [0.05, 0.1) is 13.2 Å². The van der Waals surface area contributed by atoms with Crippen molar-refractivity contribution in [3.63, 3.8) is 0 Å². The Morgan fingerprint density at radius 3 is 2.09 bits per heavy atom. The summed E-state index contributed by atoms with van der Waals surface area (Å²) < 4.78 is 9.35. The van der Waals surface area contributed by atoms with Crippen LogP contribution in [0.3, 0.4) is 0 Å². The Labute approximate surface area is 64.1 Å². The predicted octanol–water partition coefficient (Wildman–Crippen LogP) is -0.252. The molecule has 0 aromatic rings. The lowest BCUT2D eigenvalue weighted by atomic mass is 10.4. The van der Waals surface area contributed by atoms with E-state index < -0.39 is 11.2 Å². The average molecular weight is 166 g/mol. The first-order chi connectivity index (χ1) is 5.20. The Kier molecular flexibility index (Phi) is 5.40. The molecule has 6 nitrogen and oxygen atoms in total. The van der Waals surface area contributed by atoms with Crippen LogP contribution in [0.15, 0.2) is 0 Å². The van der Waals surface area contributed by atoms with Crippen LogP contribution in [0.25, 0.3) is 0 Å². The van der Waals surface area contributed by atoms with E-state index in [4.69, 9.17) is 5.21 Å². The summed E-state index contributed by atoms with van der Waals surface area (Å²) >= 11 is 0. The Balaban J connectivity index is 3.59. The van der Waals surface area contributed by atoms with E-state index in [1.807, 2.05) is 0 Å². The molecule has 0 spiro atoms. The maximum atomic E-state index is 9.94. The minimum Gasteiger partial charge on any atom is -0.380 e. The van der Waals surface area contributed by atoms with Gasteiger partial charge in [-0.1, -0.05) is 0 Å². The van der Waals surface area contributed by atoms with Gasteiger partial charge in [0.1, 0.15) is 4.91 Å². The van der Waals surface area contributed by atoms with E-state index in [-0.39, 0.29) is 13.2 Å². The van der Waals surface area contributed by atoms with Crippen molar-refractivity contribution in [3.05, 3.63) is 4.91 Å².